The lowest BCUT2D eigenvalue weighted by atomic mass is 9.89. The van der Waals surface area contributed by atoms with Crippen LogP contribution in [0.1, 0.15) is 56.3 Å². The van der Waals surface area contributed by atoms with Crippen LogP contribution in [-0.2, 0) is 20.7 Å². The van der Waals surface area contributed by atoms with E-state index in [4.69, 9.17) is 15.6 Å². The van der Waals surface area contributed by atoms with Crippen molar-refractivity contribution in [3.63, 3.8) is 0 Å². The van der Waals surface area contributed by atoms with Crippen LogP contribution in [0.3, 0.4) is 0 Å². The smallest absolute Gasteiger partial charge is 0.313 e. The lowest BCUT2D eigenvalue weighted by molar-refractivity contribution is -0.146. The number of ether oxygens (including phenoxy) is 1. The molecule has 2 aliphatic rings. The van der Waals surface area contributed by atoms with E-state index in [0.717, 1.165) is 47.9 Å². The zero-order valence-corrected chi connectivity index (χ0v) is 20.2. The van der Waals surface area contributed by atoms with Crippen LogP contribution in [-0.4, -0.2) is 51.2 Å². The maximum Gasteiger partial charge on any atom is 0.313 e. The zero-order chi connectivity index (χ0) is 24.5. The molecule has 3 atom stereocenters. The number of nitrogens with two attached hydrogens (primary N) is 1. The highest BCUT2D eigenvalue weighted by atomic mass is 16.5. The zero-order valence-electron chi connectivity index (χ0n) is 20.2. The van der Waals surface area contributed by atoms with Crippen LogP contribution in [0.5, 0.6) is 0 Å². The van der Waals surface area contributed by atoms with Crippen molar-refractivity contribution in [1.29, 1.82) is 0 Å². The summed E-state index contributed by atoms with van der Waals surface area (Å²) in [5.74, 6) is -0.451. The minimum absolute atomic E-state index is 0.176. The molecule has 3 aromatic rings. The number of pyridine rings is 1. The molecule has 2 aliphatic heterocycles. The highest BCUT2D eigenvalue weighted by Crippen LogP contribution is 2.35. The fourth-order valence-electron chi connectivity index (χ4n) is 5.09. The van der Waals surface area contributed by atoms with Crippen molar-refractivity contribution in [2.75, 3.05) is 30.8 Å². The fraction of sp³-hybridized carbons (Fsp3) is 0.462. The van der Waals surface area contributed by atoms with Crippen molar-refractivity contribution >= 4 is 34.2 Å². The number of nitrogens with one attached hydrogen (secondary N) is 1. The molecule has 0 unspecified atom stereocenters. The van der Waals surface area contributed by atoms with Gasteiger partial charge in [-0.25, -0.2) is 4.98 Å². The van der Waals surface area contributed by atoms with Crippen molar-refractivity contribution in [2.24, 2.45) is 5.92 Å². The van der Waals surface area contributed by atoms with E-state index in [9.17, 15) is 9.59 Å². The molecule has 0 aliphatic carbocycles. The predicted molar refractivity (Wildman–Crippen MR) is 134 cm³/mol. The van der Waals surface area contributed by atoms with Gasteiger partial charge in [0.15, 0.2) is 0 Å². The van der Waals surface area contributed by atoms with Gasteiger partial charge in [0, 0.05) is 24.7 Å². The van der Waals surface area contributed by atoms with Gasteiger partial charge in [-0.15, -0.1) is 0 Å². The van der Waals surface area contributed by atoms with Crippen LogP contribution in [0.4, 0.5) is 11.5 Å². The molecule has 35 heavy (non-hydrogen) atoms. The van der Waals surface area contributed by atoms with Crippen molar-refractivity contribution in [1.82, 2.24) is 19.7 Å². The second-order valence-electron chi connectivity index (χ2n) is 9.68. The normalized spacial score (nSPS) is 22.5. The number of carbonyl (C=O) groups excluding carboxylic acids is 2. The van der Waals surface area contributed by atoms with Gasteiger partial charge in [0.25, 0.3) is 0 Å². The molecule has 3 N–H and O–H groups in total. The maximum absolute atomic E-state index is 13.3. The topological polar surface area (TPSA) is 115 Å². The Morgan fingerprint density at radius 2 is 2.09 bits per heavy atom. The van der Waals surface area contributed by atoms with Gasteiger partial charge in [0.2, 0.25) is 0 Å². The van der Waals surface area contributed by atoms with Gasteiger partial charge in [-0.1, -0.05) is 26.0 Å². The monoisotopic (exact) mass is 476 g/mol. The molecular weight excluding hydrogens is 444 g/mol. The van der Waals surface area contributed by atoms with Crippen LogP contribution < -0.4 is 11.1 Å². The third-order valence-electron chi connectivity index (χ3n) is 7.13. The van der Waals surface area contributed by atoms with Crippen LogP contribution in [0.25, 0.3) is 10.9 Å². The number of fused-ring (bicyclic) bond motifs is 1. The first-order valence-electron chi connectivity index (χ1n) is 12.4. The third-order valence-corrected chi connectivity index (χ3v) is 7.13. The van der Waals surface area contributed by atoms with E-state index < -0.39 is 11.8 Å². The number of amides is 2. The molecule has 0 radical (unpaired) electrons. The van der Waals surface area contributed by atoms with E-state index >= 15 is 0 Å². The molecular formula is C26H32N6O3. The number of nitrogens with zero attached hydrogens (tertiary/aromatic N) is 4. The molecule has 2 fully saturated rings. The Kier molecular flexibility index (Phi) is 6.42. The van der Waals surface area contributed by atoms with Crippen molar-refractivity contribution < 1.29 is 14.3 Å². The summed E-state index contributed by atoms with van der Waals surface area (Å²) < 4.78 is 7.50. The first-order valence-corrected chi connectivity index (χ1v) is 12.4. The quantitative estimate of drug-likeness (QED) is 0.557. The van der Waals surface area contributed by atoms with E-state index in [1.54, 1.807) is 11.0 Å². The Labute approximate surface area is 204 Å². The molecule has 5 rings (SSSR count). The summed E-state index contributed by atoms with van der Waals surface area (Å²) in [7, 11) is 0. The van der Waals surface area contributed by atoms with Crippen molar-refractivity contribution in [3.8, 4) is 0 Å². The van der Waals surface area contributed by atoms with Crippen molar-refractivity contribution in [3.05, 3.63) is 47.8 Å². The summed E-state index contributed by atoms with van der Waals surface area (Å²) >= 11 is 0. The molecule has 9 heteroatoms. The first-order chi connectivity index (χ1) is 16.9. The van der Waals surface area contributed by atoms with Gasteiger partial charge >= 0.3 is 11.8 Å². The number of likely N-dealkylation sites (tertiary alicyclic amines) is 1. The Bertz CT molecular complexity index is 1250. The Morgan fingerprint density at radius 1 is 1.23 bits per heavy atom. The summed E-state index contributed by atoms with van der Waals surface area (Å²) in [6, 6.07) is 8.01. The maximum atomic E-state index is 13.3. The van der Waals surface area contributed by atoms with Gasteiger partial charge in [-0.2, -0.15) is 5.10 Å². The lowest BCUT2D eigenvalue weighted by Crippen LogP contribution is -2.46. The van der Waals surface area contributed by atoms with E-state index in [1.807, 2.05) is 11.6 Å². The highest BCUT2D eigenvalue weighted by molar-refractivity contribution is 6.39. The predicted octanol–water partition coefficient (Wildman–Crippen LogP) is 3.48. The SMILES string of the molecule is CCc1cc(NC(=O)C(=O)N2C[C@@H](C)CC[C@@H]2c2ccc3cn([C@H]4CCOC4)nc3c2)cnc1N. The number of hydrogen-bond acceptors (Lipinski definition) is 6. The molecule has 2 aromatic heterocycles. The summed E-state index contributed by atoms with van der Waals surface area (Å²) in [6.45, 7) is 6.05. The number of hydrogen-bond donors (Lipinski definition) is 2. The minimum atomic E-state index is -0.663. The largest absolute Gasteiger partial charge is 0.383 e. The van der Waals surface area contributed by atoms with Gasteiger partial charge in [-0.05, 0) is 54.9 Å². The van der Waals surface area contributed by atoms with Gasteiger partial charge < -0.3 is 20.7 Å². The van der Waals surface area contributed by atoms with E-state index in [-0.39, 0.29) is 12.1 Å². The molecule has 0 bridgehead atoms. The second kappa shape index (κ2) is 9.65. The molecule has 1 aromatic carbocycles. The molecule has 2 amide bonds. The van der Waals surface area contributed by atoms with Crippen LogP contribution in [0.15, 0.2) is 36.7 Å². The number of carbonyl (C=O) groups is 2. The van der Waals surface area contributed by atoms with E-state index in [2.05, 4.69) is 41.6 Å². The average molecular weight is 477 g/mol. The number of anilines is 2. The minimum Gasteiger partial charge on any atom is -0.383 e. The third kappa shape index (κ3) is 4.73. The molecule has 0 saturated carbocycles. The number of rotatable bonds is 4. The molecule has 2 saturated heterocycles. The fourth-order valence-corrected chi connectivity index (χ4v) is 5.09. The van der Waals surface area contributed by atoms with E-state index in [1.165, 1.54) is 6.20 Å². The Morgan fingerprint density at radius 3 is 2.86 bits per heavy atom. The number of benzene rings is 1. The summed E-state index contributed by atoms with van der Waals surface area (Å²) in [5, 5.41) is 8.56. The number of aromatic nitrogens is 3. The molecule has 9 nitrogen and oxygen atoms in total. The molecule has 4 heterocycles. The van der Waals surface area contributed by atoms with Crippen LogP contribution >= 0.6 is 0 Å². The average Bonchev–Trinajstić information content (AvgIpc) is 3.54. The Hall–Kier alpha value is -3.46. The van der Waals surface area contributed by atoms with Crippen LogP contribution in [0, 0.1) is 5.92 Å². The summed E-state index contributed by atoms with van der Waals surface area (Å²) in [5.41, 5.74) is 9.07. The number of piperidine rings is 1. The number of aryl methyl sites for hydroxylation is 1. The summed E-state index contributed by atoms with van der Waals surface area (Å²) in [6.07, 6.45) is 6.98. The standard InChI is InChI=1S/C26H32N6O3/c1-3-17-10-20(12-28-24(17)27)29-25(33)26(34)31-13-16(2)4-7-23(31)18-5-6-19-14-32(30-22(19)11-18)21-8-9-35-15-21/h5-6,10-12,14,16,21,23H,3-4,7-9,13,15H2,1-2H3,(H2,27,28)(H,29,33)/t16-,21-,23+/m0/s1. The lowest BCUT2D eigenvalue weighted by Gasteiger charge is -2.38. The van der Waals surface area contributed by atoms with Crippen molar-refractivity contribution in [2.45, 2.75) is 51.6 Å². The second-order valence-corrected chi connectivity index (χ2v) is 9.68. The van der Waals surface area contributed by atoms with E-state index in [0.29, 0.717) is 37.0 Å². The highest BCUT2D eigenvalue weighted by Gasteiger charge is 2.34. The van der Waals surface area contributed by atoms with Gasteiger partial charge in [0.1, 0.15) is 5.82 Å². The van der Waals surface area contributed by atoms with Gasteiger partial charge in [-0.3, -0.25) is 14.3 Å². The Balaban J connectivity index is 1.37. The number of nitrogen functional groups attached to an aromatic ring is 1. The molecule has 0 spiro atoms. The summed E-state index contributed by atoms with van der Waals surface area (Å²) in [4.78, 5) is 32.1. The first kappa shape index (κ1) is 23.3. The molecule has 184 valence electrons. The van der Waals surface area contributed by atoms with Crippen LogP contribution in [0.2, 0.25) is 0 Å². The van der Waals surface area contributed by atoms with Gasteiger partial charge in [0.05, 0.1) is 36.1 Å².